The van der Waals surface area contributed by atoms with E-state index in [1.54, 1.807) is 6.92 Å². The number of thiazole rings is 1. The van der Waals surface area contributed by atoms with Crippen LogP contribution < -0.4 is 10.1 Å². The third kappa shape index (κ3) is 5.56. The number of hydrogen-bond acceptors (Lipinski definition) is 5. The van der Waals surface area contributed by atoms with Gasteiger partial charge in [-0.1, -0.05) is 42.5 Å². The summed E-state index contributed by atoms with van der Waals surface area (Å²) < 4.78 is 5.67. The van der Waals surface area contributed by atoms with Crippen LogP contribution in [0.15, 0.2) is 60.0 Å². The van der Waals surface area contributed by atoms with Crippen LogP contribution in [-0.4, -0.2) is 28.4 Å². The van der Waals surface area contributed by atoms with Crippen molar-refractivity contribution in [3.05, 3.63) is 76.8 Å². The number of ether oxygens (including phenoxy) is 1. The maximum absolute atomic E-state index is 12.4. The van der Waals surface area contributed by atoms with Crippen LogP contribution in [0.25, 0.3) is 0 Å². The van der Waals surface area contributed by atoms with Gasteiger partial charge < -0.3 is 4.74 Å². The van der Waals surface area contributed by atoms with Crippen LogP contribution in [0.1, 0.15) is 23.7 Å². The second kappa shape index (κ2) is 9.87. The molecule has 0 aliphatic carbocycles. The van der Waals surface area contributed by atoms with E-state index in [1.165, 1.54) is 22.5 Å². The number of nitrogens with zero attached hydrogens (tertiary/aromatic N) is 2. The summed E-state index contributed by atoms with van der Waals surface area (Å²) in [6.07, 6.45) is 0.478. The smallest absolute Gasteiger partial charge is 0.266 e. The van der Waals surface area contributed by atoms with E-state index in [1.807, 2.05) is 35.7 Å². The van der Waals surface area contributed by atoms with Crippen LogP contribution in [0.4, 0.5) is 5.13 Å². The molecular formula is C22H24ClN3O2S. The van der Waals surface area contributed by atoms with Crippen LogP contribution in [0.2, 0.25) is 0 Å². The maximum Gasteiger partial charge on any atom is 0.266 e. The van der Waals surface area contributed by atoms with E-state index in [-0.39, 0.29) is 18.3 Å². The van der Waals surface area contributed by atoms with Gasteiger partial charge in [-0.2, -0.15) is 0 Å². The van der Waals surface area contributed by atoms with Crippen molar-refractivity contribution in [2.45, 2.75) is 32.5 Å². The summed E-state index contributed by atoms with van der Waals surface area (Å²) in [6, 6.07) is 18.0. The van der Waals surface area contributed by atoms with E-state index in [0.717, 1.165) is 31.7 Å². The van der Waals surface area contributed by atoms with Crippen molar-refractivity contribution in [1.29, 1.82) is 0 Å². The first-order valence-electron chi connectivity index (χ1n) is 9.43. The molecule has 0 fully saturated rings. The van der Waals surface area contributed by atoms with Gasteiger partial charge in [0.2, 0.25) is 0 Å². The standard InChI is InChI=1S/C22H23N3O2S.ClH/c1-16(27-20-9-3-2-4-10-20)21(26)24-22-23-19(15-28-22)14-25-12-11-17-7-5-6-8-18(17)13-25;/h2-10,15-16H,11-14H2,1H3,(H,23,24,26);1H. The number of anilines is 1. The van der Waals surface area contributed by atoms with E-state index in [0.29, 0.717) is 10.9 Å². The summed E-state index contributed by atoms with van der Waals surface area (Å²) >= 11 is 1.45. The molecule has 0 saturated carbocycles. The van der Waals surface area contributed by atoms with Crippen LogP contribution >= 0.6 is 23.7 Å². The van der Waals surface area contributed by atoms with Gasteiger partial charge in [0.05, 0.1) is 5.69 Å². The second-order valence-electron chi connectivity index (χ2n) is 6.94. The highest BCUT2D eigenvalue weighted by atomic mass is 35.5. The zero-order valence-corrected chi connectivity index (χ0v) is 17.8. The van der Waals surface area contributed by atoms with Gasteiger partial charge in [0.1, 0.15) is 5.75 Å². The summed E-state index contributed by atoms with van der Waals surface area (Å²) in [5, 5.41) is 5.48. The normalized spacial score (nSPS) is 14.4. The Hall–Kier alpha value is -2.41. The molecule has 1 N–H and O–H groups in total. The lowest BCUT2D eigenvalue weighted by Crippen LogP contribution is -2.30. The predicted molar refractivity (Wildman–Crippen MR) is 119 cm³/mol. The molecule has 0 spiro atoms. The minimum atomic E-state index is -0.589. The first-order chi connectivity index (χ1) is 13.7. The summed E-state index contributed by atoms with van der Waals surface area (Å²) in [5.74, 6) is 0.479. The minimum Gasteiger partial charge on any atom is -0.481 e. The Morgan fingerprint density at radius 2 is 1.90 bits per heavy atom. The number of para-hydroxylation sites is 1. The van der Waals surface area contributed by atoms with Crippen molar-refractivity contribution in [1.82, 2.24) is 9.88 Å². The number of carbonyl (C=O) groups is 1. The molecule has 0 saturated heterocycles. The largest absolute Gasteiger partial charge is 0.481 e. The minimum absolute atomic E-state index is 0. The molecule has 2 aromatic carbocycles. The number of benzene rings is 2. The molecule has 1 aliphatic heterocycles. The Labute approximate surface area is 181 Å². The number of hydrogen-bond donors (Lipinski definition) is 1. The van der Waals surface area contributed by atoms with Crippen molar-refractivity contribution >= 4 is 34.8 Å². The zero-order chi connectivity index (χ0) is 19.3. The molecule has 7 heteroatoms. The molecule has 152 valence electrons. The predicted octanol–water partition coefficient (Wildman–Crippen LogP) is 4.53. The van der Waals surface area contributed by atoms with E-state index >= 15 is 0 Å². The Balaban J connectivity index is 0.00000240. The SMILES string of the molecule is CC(Oc1ccccc1)C(=O)Nc1nc(CN2CCc3ccccc3C2)cs1.Cl. The topological polar surface area (TPSA) is 54.5 Å². The Morgan fingerprint density at radius 1 is 1.17 bits per heavy atom. The highest BCUT2D eigenvalue weighted by molar-refractivity contribution is 7.13. The lowest BCUT2D eigenvalue weighted by atomic mass is 10.00. The Morgan fingerprint density at radius 3 is 2.69 bits per heavy atom. The molecule has 0 bridgehead atoms. The maximum atomic E-state index is 12.4. The van der Waals surface area contributed by atoms with Crippen LogP contribution in [-0.2, 0) is 24.3 Å². The molecule has 1 amide bonds. The van der Waals surface area contributed by atoms with Crippen molar-refractivity contribution in [2.75, 3.05) is 11.9 Å². The highest BCUT2D eigenvalue weighted by Crippen LogP contribution is 2.22. The van der Waals surface area contributed by atoms with Gasteiger partial charge >= 0.3 is 0 Å². The fraction of sp³-hybridized carbons (Fsp3) is 0.273. The third-order valence-electron chi connectivity index (χ3n) is 4.80. The van der Waals surface area contributed by atoms with Crippen LogP contribution in [0.5, 0.6) is 5.75 Å². The second-order valence-corrected chi connectivity index (χ2v) is 7.79. The first kappa shape index (κ1) is 21.3. The van der Waals surface area contributed by atoms with Gasteiger partial charge in [-0.3, -0.25) is 15.0 Å². The van der Waals surface area contributed by atoms with Crippen molar-refractivity contribution in [2.24, 2.45) is 0 Å². The molecule has 29 heavy (non-hydrogen) atoms. The number of amides is 1. The van der Waals surface area contributed by atoms with Gasteiger partial charge in [0.15, 0.2) is 11.2 Å². The number of halogens is 1. The van der Waals surface area contributed by atoms with Gasteiger partial charge in [-0.05, 0) is 36.6 Å². The molecule has 0 radical (unpaired) electrons. The van der Waals surface area contributed by atoms with Crippen molar-refractivity contribution < 1.29 is 9.53 Å². The average molecular weight is 430 g/mol. The number of carbonyl (C=O) groups excluding carboxylic acids is 1. The molecule has 1 unspecified atom stereocenters. The lowest BCUT2D eigenvalue weighted by Gasteiger charge is -2.27. The zero-order valence-electron chi connectivity index (χ0n) is 16.2. The summed E-state index contributed by atoms with van der Waals surface area (Å²) in [7, 11) is 0. The van der Waals surface area contributed by atoms with Gasteiger partial charge in [0, 0.05) is 25.0 Å². The third-order valence-corrected chi connectivity index (χ3v) is 5.61. The van der Waals surface area contributed by atoms with E-state index in [4.69, 9.17) is 4.74 Å². The highest BCUT2D eigenvalue weighted by Gasteiger charge is 2.19. The fourth-order valence-corrected chi connectivity index (χ4v) is 4.02. The number of fused-ring (bicyclic) bond motifs is 1. The number of rotatable bonds is 6. The van der Waals surface area contributed by atoms with E-state index in [9.17, 15) is 4.79 Å². The van der Waals surface area contributed by atoms with Crippen molar-refractivity contribution in [3.63, 3.8) is 0 Å². The van der Waals surface area contributed by atoms with E-state index in [2.05, 4.69) is 39.5 Å². The molecule has 4 rings (SSSR count). The Bertz CT molecular complexity index is 948. The van der Waals surface area contributed by atoms with E-state index < -0.39 is 6.10 Å². The van der Waals surface area contributed by atoms with Gasteiger partial charge in [-0.25, -0.2) is 4.98 Å². The average Bonchev–Trinajstić information content (AvgIpc) is 3.15. The number of aromatic nitrogens is 1. The molecule has 1 atom stereocenters. The molecule has 3 aromatic rings. The molecule has 2 heterocycles. The number of nitrogens with one attached hydrogen (secondary N) is 1. The quantitative estimate of drug-likeness (QED) is 0.625. The van der Waals surface area contributed by atoms with Gasteiger partial charge in [0.25, 0.3) is 5.91 Å². The van der Waals surface area contributed by atoms with Crippen LogP contribution in [0.3, 0.4) is 0 Å². The monoisotopic (exact) mass is 429 g/mol. The lowest BCUT2D eigenvalue weighted by molar-refractivity contribution is -0.122. The summed E-state index contributed by atoms with van der Waals surface area (Å²) in [4.78, 5) is 19.3. The fourth-order valence-electron chi connectivity index (χ4n) is 3.32. The first-order valence-corrected chi connectivity index (χ1v) is 10.3. The Kier molecular flexibility index (Phi) is 7.25. The summed E-state index contributed by atoms with van der Waals surface area (Å²) in [5.41, 5.74) is 3.82. The molecule has 1 aromatic heterocycles. The van der Waals surface area contributed by atoms with Crippen LogP contribution in [0, 0.1) is 0 Å². The summed E-state index contributed by atoms with van der Waals surface area (Å²) in [6.45, 7) is 4.49. The molecular weight excluding hydrogens is 406 g/mol. The van der Waals surface area contributed by atoms with Crippen molar-refractivity contribution in [3.8, 4) is 5.75 Å². The van der Waals surface area contributed by atoms with Gasteiger partial charge in [-0.15, -0.1) is 23.7 Å². The molecule has 1 aliphatic rings. The molecule has 5 nitrogen and oxygen atoms in total.